The van der Waals surface area contributed by atoms with E-state index in [1.807, 2.05) is 41.2 Å². The van der Waals surface area contributed by atoms with Gasteiger partial charge < -0.3 is 20.5 Å². The van der Waals surface area contributed by atoms with Crippen LogP contribution in [0.15, 0.2) is 54.9 Å². The molecule has 28 heavy (non-hydrogen) atoms. The van der Waals surface area contributed by atoms with Crippen molar-refractivity contribution < 1.29 is 4.79 Å². The van der Waals surface area contributed by atoms with Crippen molar-refractivity contribution in [2.75, 3.05) is 17.7 Å². The van der Waals surface area contributed by atoms with Crippen molar-refractivity contribution in [1.29, 1.82) is 5.26 Å². The molecule has 0 fully saturated rings. The SMILES string of the molecule is CNc1nc(N[C@H](C)C(=O)NCc2ccc(C#N)cc2)cc(-n2cccc2)n1. The fraction of sp³-hybridized carbons (Fsp3) is 0.200. The van der Waals surface area contributed by atoms with E-state index < -0.39 is 6.04 Å². The molecule has 3 aromatic rings. The smallest absolute Gasteiger partial charge is 0.242 e. The average Bonchev–Trinajstić information content (AvgIpc) is 3.27. The Bertz CT molecular complexity index is 975. The van der Waals surface area contributed by atoms with Gasteiger partial charge in [-0.3, -0.25) is 4.79 Å². The zero-order valence-electron chi connectivity index (χ0n) is 15.7. The number of hydrogen-bond acceptors (Lipinski definition) is 6. The standard InChI is InChI=1S/C20H21N7O/c1-14(19(28)23-13-16-7-5-15(12-21)6-8-16)24-17-11-18(26-20(22-2)25-17)27-9-3-4-10-27/h3-11,14H,13H2,1-2H3,(H,23,28)(H2,22,24,25,26)/t14-/m1/s1. The van der Waals surface area contributed by atoms with Gasteiger partial charge in [0.1, 0.15) is 17.7 Å². The molecule has 0 aliphatic carbocycles. The molecule has 0 bridgehead atoms. The summed E-state index contributed by atoms with van der Waals surface area (Å²) in [5, 5.41) is 17.8. The number of amides is 1. The van der Waals surface area contributed by atoms with Crippen LogP contribution in [0.4, 0.5) is 11.8 Å². The maximum atomic E-state index is 12.4. The Labute approximate surface area is 163 Å². The van der Waals surface area contributed by atoms with E-state index in [9.17, 15) is 4.79 Å². The first kappa shape index (κ1) is 18.9. The third kappa shape index (κ3) is 4.65. The highest BCUT2D eigenvalue weighted by atomic mass is 16.2. The highest BCUT2D eigenvalue weighted by Gasteiger charge is 2.14. The number of hydrogen-bond donors (Lipinski definition) is 3. The van der Waals surface area contributed by atoms with Crippen molar-refractivity contribution in [3.63, 3.8) is 0 Å². The van der Waals surface area contributed by atoms with Crippen LogP contribution in [-0.2, 0) is 11.3 Å². The van der Waals surface area contributed by atoms with E-state index in [0.717, 1.165) is 5.56 Å². The van der Waals surface area contributed by atoms with Crippen molar-refractivity contribution >= 4 is 17.7 Å². The lowest BCUT2D eigenvalue weighted by Gasteiger charge is -2.16. The molecule has 0 saturated heterocycles. The number of rotatable bonds is 7. The fourth-order valence-electron chi connectivity index (χ4n) is 2.57. The minimum absolute atomic E-state index is 0.156. The highest BCUT2D eigenvalue weighted by molar-refractivity contribution is 5.84. The quantitative estimate of drug-likeness (QED) is 0.585. The van der Waals surface area contributed by atoms with Gasteiger partial charge in [0.15, 0.2) is 0 Å². The molecule has 8 nitrogen and oxygen atoms in total. The monoisotopic (exact) mass is 375 g/mol. The number of nitriles is 1. The van der Waals surface area contributed by atoms with Crippen molar-refractivity contribution in [1.82, 2.24) is 19.9 Å². The maximum Gasteiger partial charge on any atom is 0.242 e. The molecule has 0 saturated carbocycles. The number of carbonyl (C=O) groups excluding carboxylic acids is 1. The second kappa shape index (κ2) is 8.68. The number of benzene rings is 1. The lowest BCUT2D eigenvalue weighted by molar-refractivity contribution is -0.121. The zero-order chi connectivity index (χ0) is 19.9. The molecule has 2 aromatic heterocycles. The van der Waals surface area contributed by atoms with Gasteiger partial charge in [0, 0.05) is 32.1 Å². The number of carbonyl (C=O) groups is 1. The van der Waals surface area contributed by atoms with Crippen LogP contribution in [0.2, 0.25) is 0 Å². The Morgan fingerprint density at radius 1 is 1.21 bits per heavy atom. The van der Waals surface area contributed by atoms with Gasteiger partial charge in [-0.1, -0.05) is 12.1 Å². The molecule has 1 aromatic carbocycles. The summed E-state index contributed by atoms with van der Waals surface area (Å²) in [6.45, 7) is 2.15. The van der Waals surface area contributed by atoms with E-state index in [-0.39, 0.29) is 5.91 Å². The van der Waals surface area contributed by atoms with Gasteiger partial charge in [-0.05, 0) is 36.8 Å². The second-order valence-corrected chi connectivity index (χ2v) is 6.17. The molecule has 0 aliphatic heterocycles. The molecular weight excluding hydrogens is 354 g/mol. The van der Waals surface area contributed by atoms with E-state index in [2.05, 4.69) is 32.0 Å². The van der Waals surface area contributed by atoms with Crippen molar-refractivity contribution in [2.24, 2.45) is 0 Å². The summed E-state index contributed by atoms with van der Waals surface area (Å²) in [7, 11) is 1.74. The van der Waals surface area contributed by atoms with Gasteiger partial charge in [-0.25, -0.2) is 0 Å². The summed E-state index contributed by atoms with van der Waals surface area (Å²) in [5.74, 6) is 1.54. The summed E-state index contributed by atoms with van der Waals surface area (Å²) >= 11 is 0. The summed E-state index contributed by atoms with van der Waals surface area (Å²) < 4.78 is 1.86. The van der Waals surface area contributed by atoms with Crippen LogP contribution < -0.4 is 16.0 Å². The molecule has 0 aliphatic rings. The van der Waals surface area contributed by atoms with E-state index in [4.69, 9.17) is 5.26 Å². The Balaban J connectivity index is 1.64. The first-order chi connectivity index (χ1) is 13.6. The topological polar surface area (TPSA) is 108 Å². The first-order valence-electron chi connectivity index (χ1n) is 8.82. The summed E-state index contributed by atoms with van der Waals surface area (Å²) in [5.41, 5.74) is 1.52. The van der Waals surface area contributed by atoms with E-state index in [1.165, 1.54) is 0 Å². The zero-order valence-corrected chi connectivity index (χ0v) is 15.7. The lowest BCUT2D eigenvalue weighted by Crippen LogP contribution is -2.37. The number of nitrogens with one attached hydrogen (secondary N) is 3. The maximum absolute atomic E-state index is 12.4. The fourth-order valence-corrected chi connectivity index (χ4v) is 2.57. The summed E-state index contributed by atoms with van der Waals surface area (Å²) in [6, 6.07) is 14.3. The van der Waals surface area contributed by atoms with Gasteiger partial charge >= 0.3 is 0 Å². The second-order valence-electron chi connectivity index (χ2n) is 6.17. The van der Waals surface area contributed by atoms with E-state index in [1.54, 1.807) is 32.2 Å². The molecular formula is C20H21N7O. The van der Waals surface area contributed by atoms with Gasteiger partial charge in [-0.15, -0.1) is 0 Å². The lowest BCUT2D eigenvalue weighted by atomic mass is 10.1. The van der Waals surface area contributed by atoms with Gasteiger partial charge in [0.25, 0.3) is 0 Å². The Morgan fingerprint density at radius 2 is 1.93 bits per heavy atom. The van der Waals surface area contributed by atoms with Crippen LogP contribution in [0, 0.1) is 11.3 Å². The molecule has 142 valence electrons. The predicted octanol–water partition coefficient (Wildman–Crippen LogP) is 2.30. The van der Waals surface area contributed by atoms with Crippen LogP contribution >= 0.6 is 0 Å². The number of nitrogens with zero attached hydrogens (tertiary/aromatic N) is 4. The molecule has 0 spiro atoms. The van der Waals surface area contributed by atoms with Crippen molar-refractivity contribution in [3.8, 4) is 11.9 Å². The summed E-state index contributed by atoms with van der Waals surface area (Å²) in [6.07, 6.45) is 3.78. The summed E-state index contributed by atoms with van der Waals surface area (Å²) in [4.78, 5) is 21.2. The minimum atomic E-state index is -0.490. The van der Waals surface area contributed by atoms with Crippen LogP contribution in [-0.4, -0.2) is 33.5 Å². The van der Waals surface area contributed by atoms with Crippen LogP contribution in [0.1, 0.15) is 18.1 Å². The molecule has 3 N–H and O–H groups in total. The average molecular weight is 375 g/mol. The number of anilines is 2. The van der Waals surface area contributed by atoms with Crippen LogP contribution in [0.5, 0.6) is 0 Å². The molecule has 8 heteroatoms. The third-order valence-electron chi connectivity index (χ3n) is 4.11. The normalized spacial score (nSPS) is 11.3. The predicted molar refractivity (Wildman–Crippen MR) is 107 cm³/mol. The van der Waals surface area contributed by atoms with Gasteiger partial charge in [0.05, 0.1) is 11.6 Å². The molecule has 0 radical (unpaired) electrons. The third-order valence-corrected chi connectivity index (χ3v) is 4.11. The van der Waals surface area contributed by atoms with Crippen LogP contribution in [0.3, 0.4) is 0 Å². The first-order valence-corrected chi connectivity index (χ1v) is 8.82. The molecule has 2 heterocycles. The van der Waals surface area contributed by atoms with E-state index >= 15 is 0 Å². The number of aromatic nitrogens is 3. The molecule has 1 atom stereocenters. The Morgan fingerprint density at radius 3 is 2.57 bits per heavy atom. The largest absolute Gasteiger partial charge is 0.358 e. The highest BCUT2D eigenvalue weighted by Crippen LogP contribution is 2.15. The van der Waals surface area contributed by atoms with Crippen molar-refractivity contribution in [3.05, 3.63) is 66.0 Å². The molecule has 0 unspecified atom stereocenters. The molecule has 1 amide bonds. The van der Waals surface area contributed by atoms with Gasteiger partial charge in [0.2, 0.25) is 11.9 Å². The molecule has 3 rings (SSSR count). The van der Waals surface area contributed by atoms with E-state index in [0.29, 0.717) is 29.7 Å². The van der Waals surface area contributed by atoms with Crippen molar-refractivity contribution in [2.45, 2.75) is 19.5 Å². The Kier molecular flexibility index (Phi) is 5.87. The van der Waals surface area contributed by atoms with Gasteiger partial charge in [-0.2, -0.15) is 15.2 Å². The minimum Gasteiger partial charge on any atom is -0.358 e. The van der Waals surface area contributed by atoms with Crippen LogP contribution in [0.25, 0.3) is 5.82 Å². The Hall–Kier alpha value is -3.86.